The number of sulfone groups is 1. The van der Waals surface area contributed by atoms with Crippen LogP contribution in [0.5, 0.6) is 0 Å². The summed E-state index contributed by atoms with van der Waals surface area (Å²) in [4.78, 5) is 11.0. The van der Waals surface area contributed by atoms with Crippen LogP contribution in [0.2, 0.25) is 0 Å². The van der Waals surface area contributed by atoms with Crippen LogP contribution in [-0.4, -0.2) is 25.2 Å². The van der Waals surface area contributed by atoms with Crippen molar-refractivity contribution in [1.82, 2.24) is 0 Å². The molecule has 0 radical (unpaired) electrons. The first-order chi connectivity index (χ1) is 8.35. The summed E-state index contributed by atoms with van der Waals surface area (Å²) in [6, 6.07) is 6.23. The summed E-state index contributed by atoms with van der Waals surface area (Å²) in [5.41, 5.74) is 0.415. The molecule has 1 unspecified atom stereocenters. The third-order valence-corrected chi connectivity index (χ3v) is 4.69. The fourth-order valence-electron chi connectivity index (χ4n) is 1.70. The molecule has 0 aliphatic heterocycles. The maximum atomic E-state index is 12.0. The van der Waals surface area contributed by atoms with Gasteiger partial charge in [0.25, 0.3) is 0 Å². The van der Waals surface area contributed by atoms with Crippen LogP contribution in [0.15, 0.2) is 24.3 Å². The standard InChI is InChI=1S/C13H18O4S/c1-3-10(2)8-18(16,17)9-11-6-4-5-7-12(11)13(14)15/h4-7,10H,3,8-9H2,1-2H3,(H,14,15). The molecule has 0 aromatic heterocycles. The minimum Gasteiger partial charge on any atom is -0.478 e. The zero-order valence-electron chi connectivity index (χ0n) is 10.6. The van der Waals surface area contributed by atoms with Crippen LogP contribution in [0.1, 0.15) is 36.2 Å². The molecule has 18 heavy (non-hydrogen) atoms. The van der Waals surface area contributed by atoms with E-state index in [0.29, 0.717) is 5.56 Å². The fraction of sp³-hybridized carbons (Fsp3) is 0.462. The first-order valence-electron chi connectivity index (χ1n) is 5.87. The van der Waals surface area contributed by atoms with E-state index in [4.69, 9.17) is 5.11 Å². The molecule has 1 N–H and O–H groups in total. The lowest BCUT2D eigenvalue weighted by Crippen LogP contribution is -2.17. The van der Waals surface area contributed by atoms with Gasteiger partial charge in [0.1, 0.15) is 0 Å². The van der Waals surface area contributed by atoms with Crippen LogP contribution in [0, 0.1) is 5.92 Å². The number of rotatable bonds is 6. The molecule has 4 nitrogen and oxygen atoms in total. The Labute approximate surface area is 108 Å². The Hall–Kier alpha value is -1.36. The maximum Gasteiger partial charge on any atom is 0.335 e. The normalized spacial score (nSPS) is 13.2. The lowest BCUT2D eigenvalue weighted by atomic mass is 10.1. The van der Waals surface area contributed by atoms with E-state index in [-0.39, 0.29) is 23.0 Å². The molecule has 0 saturated carbocycles. The van der Waals surface area contributed by atoms with Gasteiger partial charge in [-0.3, -0.25) is 0 Å². The lowest BCUT2D eigenvalue weighted by Gasteiger charge is -2.10. The van der Waals surface area contributed by atoms with Crippen molar-refractivity contribution in [2.24, 2.45) is 5.92 Å². The van der Waals surface area contributed by atoms with Crippen LogP contribution >= 0.6 is 0 Å². The Morgan fingerprint density at radius 2 is 1.94 bits per heavy atom. The third kappa shape index (κ3) is 4.14. The highest BCUT2D eigenvalue weighted by atomic mass is 32.2. The topological polar surface area (TPSA) is 71.4 Å². The Bertz CT molecular complexity index is 520. The van der Waals surface area contributed by atoms with Crippen LogP contribution in [0.4, 0.5) is 0 Å². The molecular formula is C13H18O4S. The number of hydrogen-bond donors (Lipinski definition) is 1. The predicted molar refractivity (Wildman–Crippen MR) is 70.3 cm³/mol. The average Bonchev–Trinajstić information content (AvgIpc) is 2.28. The van der Waals surface area contributed by atoms with Crippen molar-refractivity contribution < 1.29 is 18.3 Å². The molecule has 0 spiro atoms. The van der Waals surface area contributed by atoms with Gasteiger partial charge in [-0.1, -0.05) is 38.5 Å². The van der Waals surface area contributed by atoms with E-state index >= 15 is 0 Å². The van der Waals surface area contributed by atoms with Crippen molar-refractivity contribution in [3.8, 4) is 0 Å². The summed E-state index contributed by atoms with van der Waals surface area (Å²) in [5.74, 6) is -1.12. The Morgan fingerprint density at radius 1 is 1.33 bits per heavy atom. The Balaban J connectivity index is 2.94. The van der Waals surface area contributed by atoms with E-state index in [1.54, 1.807) is 18.2 Å². The quantitative estimate of drug-likeness (QED) is 0.861. The van der Waals surface area contributed by atoms with E-state index in [0.717, 1.165) is 6.42 Å². The smallest absolute Gasteiger partial charge is 0.335 e. The third-order valence-electron chi connectivity index (χ3n) is 2.86. The molecule has 100 valence electrons. The predicted octanol–water partition coefficient (Wildman–Crippen LogP) is 2.35. The molecule has 0 bridgehead atoms. The van der Waals surface area contributed by atoms with Crippen LogP contribution in [0.25, 0.3) is 0 Å². The molecule has 0 saturated heterocycles. The van der Waals surface area contributed by atoms with Crippen molar-refractivity contribution in [2.45, 2.75) is 26.0 Å². The molecule has 0 aliphatic rings. The summed E-state index contributed by atoms with van der Waals surface area (Å²) in [7, 11) is -3.27. The average molecular weight is 270 g/mol. The van der Waals surface area contributed by atoms with Crippen molar-refractivity contribution in [3.05, 3.63) is 35.4 Å². The van der Waals surface area contributed by atoms with Gasteiger partial charge in [-0.2, -0.15) is 0 Å². The van der Waals surface area contributed by atoms with Crippen molar-refractivity contribution >= 4 is 15.8 Å². The van der Waals surface area contributed by atoms with Gasteiger partial charge in [-0.05, 0) is 17.5 Å². The number of carboxylic acid groups (broad SMARTS) is 1. The van der Waals surface area contributed by atoms with E-state index in [1.807, 2.05) is 13.8 Å². The first kappa shape index (κ1) is 14.7. The summed E-state index contributed by atoms with van der Waals surface area (Å²) in [6.07, 6.45) is 0.791. The van der Waals surface area contributed by atoms with Crippen LogP contribution in [-0.2, 0) is 15.6 Å². The monoisotopic (exact) mass is 270 g/mol. The van der Waals surface area contributed by atoms with Gasteiger partial charge >= 0.3 is 5.97 Å². The fourth-order valence-corrected chi connectivity index (χ4v) is 3.65. The maximum absolute atomic E-state index is 12.0. The second-order valence-corrected chi connectivity index (χ2v) is 6.64. The van der Waals surface area contributed by atoms with Gasteiger partial charge in [0.15, 0.2) is 9.84 Å². The minimum absolute atomic E-state index is 0.0604. The molecule has 0 aliphatic carbocycles. The number of aromatic carboxylic acids is 1. The van der Waals surface area contributed by atoms with Gasteiger partial charge in [0, 0.05) is 0 Å². The van der Waals surface area contributed by atoms with Crippen LogP contribution in [0.3, 0.4) is 0 Å². The molecule has 0 heterocycles. The number of carboxylic acids is 1. The number of hydrogen-bond acceptors (Lipinski definition) is 3. The zero-order chi connectivity index (χ0) is 13.8. The van der Waals surface area contributed by atoms with E-state index in [1.165, 1.54) is 6.07 Å². The van der Waals surface area contributed by atoms with E-state index in [2.05, 4.69) is 0 Å². The van der Waals surface area contributed by atoms with E-state index < -0.39 is 15.8 Å². The Morgan fingerprint density at radius 3 is 2.50 bits per heavy atom. The molecule has 1 rings (SSSR count). The number of benzene rings is 1. The SMILES string of the molecule is CCC(C)CS(=O)(=O)Cc1ccccc1C(=O)O. The Kier molecular flexibility index (Phi) is 4.90. The summed E-state index contributed by atoms with van der Waals surface area (Å²) in [6.45, 7) is 3.81. The summed E-state index contributed by atoms with van der Waals surface area (Å²) < 4.78 is 23.9. The first-order valence-corrected chi connectivity index (χ1v) is 7.69. The highest BCUT2D eigenvalue weighted by Crippen LogP contribution is 2.15. The summed E-state index contributed by atoms with van der Waals surface area (Å²) in [5, 5.41) is 9.00. The lowest BCUT2D eigenvalue weighted by molar-refractivity contribution is 0.0696. The van der Waals surface area contributed by atoms with Crippen molar-refractivity contribution in [3.63, 3.8) is 0 Å². The van der Waals surface area contributed by atoms with Crippen molar-refractivity contribution in [1.29, 1.82) is 0 Å². The highest BCUT2D eigenvalue weighted by Gasteiger charge is 2.19. The zero-order valence-corrected chi connectivity index (χ0v) is 11.4. The number of carbonyl (C=O) groups is 1. The second-order valence-electron chi connectivity index (χ2n) is 4.53. The van der Waals surface area contributed by atoms with Gasteiger partial charge in [-0.15, -0.1) is 0 Å². The largest absolute Gasteiger partial charge is 0.478 e. The van der Waals surface area contributed by atoms with E-state index in [9.17, 15) is 13.2 Å². The molecule has 5 heteroatoms. The molecular weight excluding hydrogens is 252 g/mol. The van der Waals surface area contributed by atoms with Gasteiger partial charge in [-0.25, -0.2) is 13.2 Å². The van der Waals surface area contributed by atoms with Gasteiger partial charge < -0.3 is 5.11 Å². The van der Waals surface area contributed by atoms with Gasteiger partial charge in [0.05, 0.1) is 17.1 Å². The molecule has 1 atom stereocenters. The molecule has 0 amide bonds. The second kappa shape index (κ2) is 6.00. The highest BCUT2D eigenvalue weighted by molar-refractivity contribution is 7.90. The molecule has 1 aromatic carbocycles. The summed E-state index contributed by atoms with van der Waals surface area (Å²) >= 11 is 0. The minimum atomic E-state index is -3.27. The molecule has 1 aromatic rings. The van der Waals surface area contributed by atoms with Crippen LogP contribution < -0.4 is 0 Å². The van der Waals surface area contributed by atoms with Gasteiger partial charge in [0.2, 0.25) is 0 Å². The van der Waals surface area contributed by atoms with Crippen molar-refractivity contribution in [2.75, 3.05) is 5.75 Å². The molecule has 0 fully saturated rings.